The Hall–Kier alpha value is 0.297. The van der Waals surface area contributed by atoms with E-state index in [2.05, 4.69) is 88.5 Å². The summed E-state index contributed by atoms with van der Waals surface area (Å²) in [5.41, 5.74) is 0. The molecule has 0 bridgehead atoms. The molecule has 0 radical (unpaired) electrons. The van der Waals surface area contributed by atoms with Gasteiger partial charge >= 0.3 is 301 Å². The topological polar surface area (TPSA) is 18.5 Å². The first kappa shape index (κ1) is 39.7. The van der Waals surface area contributed by atoms with E-state index in [0.29, 0.717) is 0 Å². The van der Waals surface area contributed by atoms with Crippen LogP contribution >= 0.6 is 34.0 Å². The van der Waals surface area contributed by atoms with Gasteiger partial charge < -0.3 is 0 Å². The van der Waals surface area contributed by atoms with Crippen molar-refractivity contribution in [1.82, 2.24) is 0 Å². The zero-order valence-corrected chi connectivity index (χ0v) is 38.2. The summed E-state index contributed by atoms with van der Waals surface area (Å²) < 4.78 is 24.8. The van der Waals surface area contributed by atoms with Crippen molar-refractivity contribution in [3.8, 4) is 31.0 Å². The Morgan fingerprint density at radius 3 is 1.00 bits per heavy atom. The van der Waals surface area contributed by atoms with Crippen LogP contribution in [0.4, 0.5) is 0 Å². The second-order valence-corrected chi connectivity index (χ2v) is 44.9. The van der Waals surface area contributed by atoms with Crippen LogP contribution in [0, 0.1) is 0 Å². The number of rotatable bonds is 24. The number of methoxy groups -OCH3 is 2. The number of hydrogen-bond donors (Lipinski definition) is 0. The first-order valence-electron chi connectivity index (χ1n) is 18.4. The number of ether oxygens (including phenoxy) is 2. The molecule has 0 saturated carbocycles. The number of hydrogen-bond acceptors (Lipinski definition) is 5. The van der Waals surface area contributed by atoms with Gasteiger partial charge in [0.05, 0.1) is 0 Å². The Labute approximate surface area is 297 Å². The summed E-state index contributed by atoms with van der Waals surface area (Å²) in [5, 5.41) is 0. The number of thiophene rings is 3. The van der Waals surface area contributed by atoms with E-state index in [-0.39, 0.29) is 0 Å². The molecule has 0 aliphatic heterocycles. The van der Waals surface area contributed by atoms with Gasteiger partial charge in [0, 0.05) is 0 Å². The molecule has 0 fully saturated rings. The molecule has 3 rings (SSSR count). The second kappa shape index (κ2) is 20.7. The monoisotopic (exact) mass is 888 g/mol. The van der Waals surface area contributed by atoms with Crippen LogP contribution < -0.4 is 15.3 Å². The molecular formula is C38H64O2S3Sn2. The van der Waals surface area contributed by atoms with Crippen molar-refractivity contribution in [2.45, 2.75) is 145 Å². The Balaban J connectivity index is 2.06. The summed E-state index contributed by atoms with van der Waals surface area (Å²) in [4.78, 5) is 5.48. The Morgan fingerprint density at radius 2 is 0.756 bits per heavy atom. The molecule has 2 nitrogen and oxygen atoms in total. The zero-order valence-electron chi connectivity index (χ0n) is 30.1. The quantitative estimate of drug-likeness (QED) is 0.0835. The summed E-state index contributed by atoms with van der Waals surface area (Å²) in [6.45, 7) is 14.2. The molecule has 0 aliphatic carbocycles. The summed E-state index contributed by atoms with van der Waals surface area (Å²) in [6, 6.07) is 9.77. The fourth-order valence-electron chi connectivity index (χ4n) is 7.08. The Morgan fingerprint density at radius 1 is 0.467 bits per heavy atom. The van der Waals surface area contributed by atoms with Crippen LogP contribution in [0.25, 0.3) is 19.5 Å². The van der Waals surface area contributed by atoms with Crippen molar-refractivity contribution in [3.05, 3.63) is 24.3 Å². The normalized spacial score (nSPS) is 12.3. The molecule has 7 heteroatoms. The van der Waals surface area contributed by atoms with Crippen LogP contribution in [0.1, 0.15) is 119 Å². The van der Waals surface area contributed by atoms with Gasteiger partial charge in [0.15, 0.2) is 0 Å². The van der Waals surface area contributed by atoms with Crippen molar-refractivity contribution in [3.63, 3.8) is 0 Å². The van der Waals surface area contributed by atoms with Gasteiger partial charge in [0.1, 0.15) is 0 Å². The van der Waals surface area contributed by atoms with Crippen molar-refractivity contribution in [2.75, 3.05) is 14.2 Å². The van der Waals surface area contributed by atoms with E-state index in [4.69, 9.17) is 9.47 Å². The third-order valence-electron chi connectivity index (χ3n) is 9.99. The molecule has 45 heavy (non-hydrogen) atoms. The minimum atomic E-state index is -2.54. The fraction of sp³-hybridized carbons (Fsp3) is 0.684. The molecule has 0 atom stereocenters. The standard InChI is InChI=1S/C14H10O2S3.6C4H9.2Sn/c1-15-9-5-7-17-13(9)11-3-4-12(19-11)14-10(16-2)6-8-18-14;6*1-3-4-2;;/h3-6H,1-2H3;6*1,3-4H2,2H3;;. The van der Waals surface area contributed by atoms with Crippen LogP contribution in [0.5, 0.6) is 11.5 Å². The van der Waals surface area contributed by atoms with E-state index >= 15 is 0 Å². The van der Waals surface area contributed by atoms with Gasteiger partial charge in [0.25, 0.3) is 0 Å². The van der Waals surface area contributed by atoms with Gasteiger partial charge in [-0.3, -0.25) is 0 Å². The van der Waals surface area contributed by atoms with Gasteiger partial charge in [-0.1, -0.05) is 0 Å². The summed E-state index contributed by atoms with van der Waals surface area (Å²) in [6.07, 6.45) is 16.2. The van der Waals surface area contributed by atoms with Gasteiger partial charge in [-0.25, -0.2) is 0 Å². The zero-order chi connectivity index (χ0) is 32.7. The van der Waals surface area contributed by atoms with Crippen LogP contribution in [0.3, 0.4) is 0 Å². The average Bonchev–Trinajstić information content (AvgIpc) is 3.83. The van der Waals surface area contributed by atoms with Gasteiger partial charge in [-0.15, -0.1) is 0 Å². The summed E-state index contributed by atoms with van der Waals surface area (Å²) >= 11 is 1.11. The van der Waals surface area contributed by atoms with Crippen LogP contribution in [0.15, 0.2) is 24.3 Å². The van der Waals surface area contributed by atoms with E-state index in [1.165, 1.54) is 123 Å². The predicted octanol–water partition coefficient (Wildman–Crippen LogP) is 13.3. The molecule has 0 saturated heterocycles. The molecule has 0 aromatic carbocycles. The molecule has 0 spiro atoms. The van der Waals surface area contributed by atoms with Crippen molar-refractivity contribution in [2.24, 2.45) is 0 Å². The van der Waals surface area contributed by atoms with Gasteiger partial charge in [-0.2, -0.15) is 0 Å². The molecule has 0 aliphatic rings. The SMILES string of the molecule is CCC[CH2][Sn]([CH2]CCC)([CH2]CCC)[c]1cc(OC)c(-c2ccc(-c3s[c]([Sn]([CH2]CCC)([CH2]CCC)[CH2]CCC)cc3OC)s2)s1. The molecular weight excluding hydrogens is 822 g/mol. The average molecular weight is 887 g/mol. The number of unbranched alkanes of at least 4 members (excludes halogenated alkanes) is 6. The van der Waals surface area contributed by atoms with Crippen molar-refractivity contribution in [1.29, 1.82) is 0 Å². The minimum absolute atomic E-state index is 1.11. The predicted molar refractivity (Wildman–Crippen MR) is 213 cm³/mol. The second-order valence-electron chi connectivity index (χ2n) is 13.4. The molecule has 0 unspecified atom stereocenters. The first-order valence-corrected chi connectivity index (χ1v) is 35.8. The van der Waals surface area contributed by atoms with Crippen molar-refractivity contribution >= 4 is 76.6 Å². The molecule has 0 amide bonds. The molecule has 3 aromatic heterocycles. The van der Waals surface area contributed by atoms with E-state index in [1.807, 2.05) is 25.6 Å². The molecule has 3 heterocycles. The van der Waals surface area contributed by atoms with Gasteiger partial charge in [0.2, 0.25) is 0 Å². The summed E-state index contributed by atoms with van der Waals surface area (Å²) in [7, 11) is 3.77. The third kappa shape index (κ3) is 10.4. The summed E-state index contributed by atoms with van der Waals surface area (Å²) in [5.74, 6) is 2.23. The van der Waals surface area contributed by atoms with Crippen LogP contribution in [-0.4, -0.2) is 51.0 Å². The molecule has 254 valence electrons. The Kier molecular flexibility index (Phi) is 18.3. The van der Waals surface area contributed by atoms with Crippen LogP contribution in [0.2, 0.25) is 26.6 Å². The van der Waals surface area contributed by atoms with Crippen LogP contribution in [-0.2, 0) is 0 Å². The van der Waals surface area contributed by atoms with E-state index in [9.17, 15) is 0 Å². The third-order valence-corrected chi connectivity index (χ3v) is 50.1. The van der Waals surface area contributed by atoms with E-state index in [0.717, 1.165) is 11.5 Å². The van der Waals surface area contributed by atoms with E-state index < -0.39 is 36.8 Å². The van der Waals surface area contributed by atoms with Gasteiger partial charge in [-0.05, 0) is 0 Å². The molecule has 3 aromatic rings. The maximum atomic E-state index is 6.15. The Bertz CT molecular complexity index is 1110. The fourth-order valence-corrected chi connectivity index (χ4v) is 48.7. The first-order chi connectivity index (χ1) is 21.9. The van der Waals surface area contributed by atoms with Crippen molar-refractivity contribution < 1.29 is 9.47 Å². The van der Waals surface area contributed by atoms with E-state index in [1.54, 1.807) is 5.79 Å². The maximum absolute atomic E-state index is 6.15. The molecule has 0 N–H and O–H groups in total.